The van der Waals surface area contributed by atoms with Gasteiger partial charge < -0.3 is 11.1 Å². The molecule has 3 N–H and O–H groups in total. The predicted octanol–water partition coefficient (Wildman–Crippen LogP) is 5.16. The van der Waals surface area contributed by atoms with Crippen LogP contribution in [0.3, 0.4) is 0 Å². The number of halogens is 1. The molecule has 0 spiro atoms. The molecule has 3 aromatic heterocycles. The first-order chi connectivity index (χ1) is 14.2. The van der Waals surface area contributed by atoms with Crippen LogP contribution in [-0.2, 0) is 0 Å². The Bertz CT molecular complexity index is 1180. The van der Waals surface area contributed by atoms with Gasteiger partial charge in [0.2, 0.25) is 5.95 Å². The van der Waals surface area contributed by atoms with E-state index in [2.05, 4.69) is 61.5 Å². The average molecular weight is 449 g/mol. The molecule has 4 aromatic rings. The number of fused-ring (bicyclic) bond motifs is 1. The van der Waals surface area contributed by atoms with E-state index >= 15 is 0 Å². The van der Waals surface area contributed by atoms with Crippen molar-refractivity contribution >= 4 is 33.2 Å². The number of anilines is 2. The molecule has 29 heavy (non-hydrogen) atoms. The van der Waals surface area contributed by atoms with Crippen molar-refractivity contribution < 1.29 is 0 Å². The summed E-state index contributed by atoms with van der Waals surface area (Å²) in [6.07, 6.45) is 6.65. The molecule has 146 valence electrons. The minimum absolute atomic E-state index is 0.252. The molecule has 0 atom stereocenters. The van der Waals surface area contributed by atoms with Gasteiger partial charge in [-0.3, -0.25) is 0 Å². The zero-order valence-corrected chi connectivity index (χ0v) is 17.4. The average Bonchev–Trinajstić information content (AvgIpc) is 3.36. The standard InChI is InChI=1S/C22H21BrN6/c23-15-6-3-5-14(13-15)21-20(17-11-12-25-22(24)27-17)18-9-4-10-19(29(18)28-21)26-16-7-1-2-8-16/h3-6,9-13,16,26H,1-2,7-8H2,(H2,24,25,27). The fourth-order valence-electron chi connectivity index (χ4n) is 4.06. The van der Waals surface area contributed by atoms with Gasteiger partial charge in [0.25, 0.3) is 0 Å². The van der Waals surface area contributed by atoms with Crippen LogP contribution in [-0.4, -0.2) is 25.6 Å². The van der Waals surface area contributed by atoms with Gasteiger partial charge in [0.05, 0.1) is 16.8 Å². The zero-order chi connectivity index (χ0) is 19.8. The number of nitrogens with zero attached hydrogens (tertiary/aromatic N) is 4. The molecule has 0 unspecified atom stereocenters. The summed E-state index contributed by atoms with van der Waals surface area (Å²) in [7, 11) is 0. The van der Waals surface area contributed by atoms with Crippen molar-refractivity contribution in [1.29, 1.82) is 0 Å². The van der Waals surface area contributed by atoms with Gasteiger partial charge in [-0.1, -0.05) is 47.0 Å². The van der Waals surface area contributed by atoms with Crippen LogP contribution in [0.1, 0.15) is 25.7 Å². The maximum atomic E-state index is 5.89. The van der Waals surface area contributed by atoms with Gasteiger partial charge in [0, 0.05) is 22.3 Å². The SMILES string of the molecule is Nc1nccc(-c2c(-c3cccc(Br)c3)nn3c(NC4CCCC4)cccc23)n1. The van der Waals surface area contributed by atoms with Gasteiger partial charge >= 0.3 is 0 Å². The zero-order valence-electron chi connectivity index (χ0n) is 15.8. The lowest BCUT2D eigenvalue weighted by Gasteiger charge is -2.14. The highest BCUT2D eigenvalue weighted by atomic mass is 79.9. The monoisotopic (exact) mass is 448 g/mol. The first-order valence-electron chi connectivity index (χ1n) is 9.82. The number of nitrogens with one attached hydrogen (secondary N) is 1. The van der Waals surface area contributed by atoms with Crippen molar-refractivity contribution in [3.8, 4) is 22.5 Å². The Morgan fingerprint density at radius 1 is 1.07 bits per heavy atom. The molecule has 1 aliphatic rings. The van der Waals surface area contributed by atoms with Crippen LogP contribution in [0.2, 0.25) is 0 Å². The van der Waals surface area contributed by atoms with Crippen molar-refractivity contribution in [3.63, 3.8) is 0 Å². The van der Waals surface area contributed by atoms with Gasteiger partial charge in [-0.15, -0.1) is 0 Å². The Kier molecular flexibility index (Phi) is 4.67. The van der Waals surface area contributed by atoms with E-state index in [1.165, 1.54) is 25.7 Å². The maximum Gasteiger partial charge on any atom is 0.220 e. The molecule has 7 heteroatoms. The number of hydrogen-bond acceptors (Lipinski definition) is 5. The molecular weight excluding hydrogens is 428 g/mol. The van der Waals surface area contributed by atoms with E-state index in [1.807, 2.05) is 22.7 Å². The molecule has 1 aromatic carbocycles. The quantitative estimate of drug-likeness (QED) is 0.450. The molecular formula is C22H21BrN6. The molecule has 0 aliphatic heterocycles. The van der Waals surface area contributed by atoms with Crippen LogP contribution < -0.4 is 11.1 Å². The minimum atomic E-state index is 0.252. The topological polar surface area (TPSA) is 81.1 Å². The summed E-state index contributed by atoms with van der Waals surface area (Å²) in [6, 6.07) is 16.7. The number of benzene rings is 1. The smallest absolute Gasteiger partial charge is 0.220 e. The van der Waals surface area contributed by atoms with Gasteiger partial charge in [0.1, 0.15) is 11.5 Å². The summed E-state index contributed by atoms with van der Waals surface area (Å²) in [5.74, 6) is 1.25. The number of rotatable bonds is 4. The summed E-state index contributed by atoms with van der Waals surface area (Å²) in [4.78, 5) is 8.54. The first kappa shape index (κ1) is 18.1. The van der Waals surface area contributed by atoms with Crippen LogP contribution >= 0.6 is 15.9 Å². The van der Waals surface area contributed by atoms with E-state index in [-0.39, 0.29) is 5.95 Å². The molecule has 0 radical (unpaired) electrons. The number of hydrogen-bond donors (Lipinski definition) is 2. The molecule has 6 nitrogen and oxygen atoms in total. The molecule has 1 aliphatic carbocycles. The van der Waals surface area contributed by atoms with Gasteiger partial charge in [-0.25, -0.2) is 14.5 Å². The Hall–Kier alpha value is -2.93. The van der Waals surface area contributed by atoms with Crippen molar-refractivity contribution in [2.45, 2.75) is 31.7 Å². The van der Waals surface area contributed by atoms with Crippen LogP contribution in [0, 0.1) is 0 Å². The number of nitrogen functional groups attached to an aromatic ring is 1. The number of aromatic nitrogens is 4. The number of nitrogens with two attached hydrogens (primary N) is 1. The Balaban J connectivity index is 1.74. The Morgan fingerprint density at radius 2 is 1.90 bits per heavy atom. The summed E-state index contributed by atoms with van der Waals surface area (Å²) >= 11 is 3.58. The van der Waals surface area contributed by atoms with Crippen LogP contribution in [0.4, 0.5) is 11.8 Å². The van der Waals surface area contributed by atoms with E-state index in [9.17, 15) is 0 Å². The van der Waals surface area contributed by atoms with E-state index < -0.39 is 0 Å². The van der Waals surface area contributed by atoms with Crippen molar-refractivity contribution in [2.75, 3.05) is 11.1 Å². The summed E-state index contributed by atoms with van der Waals surface area (Å²) in [6.45, 7) is 0. The summed E-state index contributed by atoms with van der Waals surface area (Å²) in [5, 5.41) is 8.69. The molecule has 5 rings (SSSR count). The lowest BCUT2D eigenvalue weighted by atomic mass is 10.0. The summed E-state index contributed by atoms with van der Waals surface area (Å²) < 4.78 is 2.99. The maximum absolute atomic E-state index is 5.89. The van der Waals surface area contributed by atoms with E-state index in [4.69, 9.17) is 10.8 Å². The minimum Gasteiger partial charge on any atom is -0.368 e. The predicted molar refractivity (Wildman–Crippen MR) is 120 cm³/mol. The second-order valence-electron chi connectivity index (χ2n) is 7.37. The van der Waals surface area contributed by atoms with E-state index in [1.54, 1.807) is 6.20 Å². The third-order valence-corrected chi connectivity index (χ3v) is 5.89. The van der Waals surface area contributed by atoms with E-state index in [0.717, 1.165) is 38.3 Å². The lowest BCUT2D eigenvalue weighted by Crippen LogP contribution is -2.16. The summed E-state index contributed by atoms with van der Waals surface area (Å²) in [5.41, 5.74) is 10.5. The molecule has 1 fully saturated rings. The first-order valence-corrected chi connectivity index (χ1v) is 10.6. The molecule has 0 bridgehead atoms. The highest BCUT2D eigenvalue weighted by molar-refractivity contribution is 9.10. The lowest BCUT2D eigenvalue weighted by molar-refractivity contribution is 0.742. The van der Waals surface area contributed by atoms with Crippen LogP contribution in [0.25, 0.3) is 28.0 Å². The second-order valence-corrected chi connectivity index (χ2v) is 8.28. The molecule has 3 heterocycles. The van der Waals surface area contributed by atoms with E-state index in [0.29, 0.717) is 6.04 Å². The van der Waals surface area contributed by atoms with Crippen LogP contribution in [0.5, 0.6) is 0 Å². The van der Waals surface area contributed by atoms with Crippen molar-refractivity contribution in [1.82, 2.24) is 19.6 Å². The second kappa shape index (κ2) is 7.48. The Labute approximate surface area is 177 Å². The fourth-order valence-corrected chi connectivity index (χ4v) is 4.46. The third-order valence-electron chi connectivity index (χ3n) is 5.39. The van der Waals surface area contributed by atoms with Crippen molar-refractivity contribution in [2.24, 2.45) is 0 Å². The van der Waals surface area contributed by atoms with Gasteiger partial charge in [0.15, 0.2) is 0 Å². The van der Waals surface area contributed by atoms with Gasteiger partial charge in [-0.2, -0.15) is 5.10 Å². The number of pyridine rings is 1. The molecule has 0 saturated heterocycles. The fraction of sp³-hybridized carbons (Fsp3) is 0.227. The third kappa shape index (κ3) is 3.46. The van der Waals surface area contributed by atoms with Crippen LogP contribution in [0.15, 0.2) is 59.2 Å². The molecule has 0 amide bonds. The van der Waals surface area contributed by atoms with Gasteiger partial charge in [-0.05, 0) is 43.2 Å². The highest BCUT2D eigenvalue weighted by Gasteiger charge is 2.21. The Morgan fingerprint density at radius 3 is 2.69 bits per heavy atom. The van der Waals surface area contributed by atoms with Crippen molar-refractivity contribution in [3.05, 3.63) is 59.2 Å². The molecule has 1 saturated carbocycles. The largest absolute Gasteiger partial charge is 0.368 e. The highest BCUT2D eigenvalue weighted by Crippen LogP contribution is 2.36. The normalized spacial score (nSPS) is 14.5.